The molecule has 1 saturated heterocycles. The van der Waals surface area contributed by atoms with Crippen LogP contribution < -0.4 is 5.32 Å². The minimum absolute atomic E-state index is 0.00328. The molecule has 1 heterocycles. The summed E-state index contributed by atoms with van der Waals surface area (Å²) in [6, 6.07) is 15.8. The fourth-order valence-electron chi connectivity index (χ4n) is 3.43. The van der Waals surface area contributed by atoms with Crippen LogP contribution in [0.4, 0.5) is 5.69 Å². The SMILES string of the molecule is Cc1cccc(C)c1NC(=O)CN1CCN(C(=O)Cc2ccccc2)CC1. The van der Waals surface area contributed by atoms with Gasteiger partial charge in [-0.2, -0.15) is 0 Å². The second-order valence-electron chi connectivity index (χ2n) is 7.13. The van der Waals surface area contributed by atoms with Crippen molar-refractivity contribution >= 4 is 17.5 Å². The van der Waals surface area contributed by atoms with Crippen molar-refractivity contribution < 1.29 is 9.59 Å². The molecule has 0 saturated carbocycles. The Morgan fingerprint density at radius 2 is 1.52 bits per heavy atom. The van der Waals surface area contributed by atoms with Gasteiger partial charge < -0.3 is 10.2 Å². The number of para-hydroxylation sites is 1. The number of anilines is 1. The van der Waals surface area contributed by atoms with Crippen LogP contribution in [0.3, 0.4) is 0 Å². The van der Waals surface area contributed by atoms with Crippen molar-refractivity contribution in [1.82, 2.24) is 9.80 Å². The number of aryl methyl sites for hydroxylation is 2. The molecule has 0 atom stereocenters. The summed E-state index contributed by atoms with van der Waals surface area (Å²) >= 11 is 0. The number of hydrogen-bond donors (Lipinski definition) is 1. The predicted molar refractivity (Wildman–Crippen MR) is 108 cm³/mol. The molecule has 0 aliphatic carbocycles. The molecular weight excluding hydrogens is 338 g/mol. The minimum Gasteiger partial charge on any atom is -0.340 e. The van der Waals surface area contributed by atoms with Crippen LogP contribution in [0.15, 0.2) is 48.5 Å². The highest BCUT2D eigenvalue weighted by Crippen LogP contribution is 2.19. The second kappa shape index (κ2) is 8.82. The van der Waals surface area contributed by atoms with Gasteiger partial charge in [0, 0.05) is 31.9 Å². The topological polar surface area (TPSA) is 52.7 Å². The Bertz CT molecular complexity index is 776. The first-order valence-corrected chi connectivity index (χ1v) is 9.43. The maximum atomic E-state index is 12.4. The third-order valence-corrected chi connectivity index (χ3v) is 5.04. The fraction of sp³-hybridized carbons (Fsp3) is 0.364. The molecule has 27 heavy (non-hydrogen) atoms. The van der Waals surface area contributed by atoms with Crippen LogP contribution in [-0.2, 0) is 16.0 Å². The number of nitrogens with zero attached hydrogens (tertiary/aromatic N) is 2. The summed E-state index contributed by atoms with van der Waals surface area (Å²) in [6.07, 6.45) is 0.438. The molecule has 142 valence electrons. The molecule has 2 aromatic rings. The maximum Gasteiger partial charge on any atom is 0.238 e. The van der Waals surface area contributed by atoms with Crippen LogP contribution >= 0.6 is 0 Å². The van der Waals surface area contributed by atoms with Crippen molar-refractivity contribution in [3.05, 3.63) is 65.2 Å². The lowest BCUT2D eigenvalue weighted by Crippen LogP contribution is -2.50. The van der Waals surface area contributed by atoms with Gasteiger partial charge in [0.25, 0.3) is 0 Å². The molecule has 1 fully saturated rings. The number of carbonyl (C=O) groups is 2. The summed E-state index contributed by atoms with van der Waals surface area (Å²) < 4.78 is 0. The van der Waals surface area contributed by atoms with Gasteiger partial charge in [-0.3, -0.25) is 14.5 Å². The lowest BCUT2D eigenvalue weighted by Gasteiger charge is -2.34. The molecule has 0 radical (unpaired) electrons. The lowest BCUT2D eigenvalue weighted by atomic mass is 10.1. The highest BCUT2D eigenvalue weighted by molar-refractivity contribution is 5.93. The van der Waals surface area contributed by atoms with E-state index in [2.05, 4.69) is 10.2 Å². The normalized spacial score (nSPS) is 14.8. The number of carbonyl (C=O) groups excluding carboxylic acids is 2. The van der Waals surface area contributed by atoms with E-state index < -0.39 is 0 Å². The van der Waals surface area contributed by atoms with Gasteiger partial charge in [-0.1, -0.05) is 48.5 Å². The number of hydrogen-bond acceptors (Lipinski definition) is 3. The Balaban J connectivity index is 1.46. The zero-order valence-electron chi connectivity index (χ0n) is 16.1. The quantitative estimate of drug-likeness (QED) is 0.886. The first kappa shape index (κ1) is 19.1. The molecule has 1 aliphatic rings. The first-order chi connectivity index (χ1) is 13.0. The average Bonchev–Trinajstić information content (AvgIpc) is 2.66. The number of amides is 2. The number of piperazine rings is 1. The number of benzene rings is 2. The van der Waals surface area contributed by atoms with Crippen LogP contribution in [0.5, 0.6) is 0 Å². The summed E-state index contributed by atoms with van der Waals surface area (Å²) in [5.74, 6) is 0.150. The largest absolute Gasteiger partial charge is 0.340 e. The van der Waals surface area contributed by atoms with E-state index in [1.807, 2.05) is 67.3 Å². The lowest BCUT2D eigenvalue weighted by molar-refractivity contribution is -0.132. The van der Waals surface area contributed by atoms with E-state index in [1.165, 1.54) is 0 Å². The van der Waals surface area contributed by atoms with E-state index in [0.29, 0.717) is 26.1 Å². The third kappa shape index (κ3) is 5.17. The fourth-order valence-corrected chi connectivity index (χ4v) is 3.43. The van der Waals surface area contributed by atoms with Gasteiger partial charge in [0.05, 0.1) is 13.0 Å². The van der Waals surface area contributed by atoms with E-state index in [0.717, 1.165) is 35.5 Å². The molecule has 0 spiro atoms. The van der Waals surface area contributed by atoms with E-state index >= 15 is 0 Å². The zero-order valence-corrected chi connectivity index (χ0v) is 16.1. The van der Waals surface area contributed by atoms with E-state index in [9.17, 15) is 9.59 Å². The van der Waals surface area contributed by atoms with Gasteiger partial charge >= 0.3 is 0 Å². The molecule has 2 amide bonds. The predicted octanol–water partition coefficient (Wildman–Crippen LogP) is 2.63. The molecule has 0 unspecified atom stereocenters. The minimum atomic E-state index is -0.00328. The smallest absolute Gasteiger partial charge is 0.238 e. The molecule has 5 heteroatoms. The molecule has 5 nitrogen and oxygen atoms in total. The van der Waals surface area contributed by atoms with Crippen molar-refractivity contribution in [1.29, 1.82) is 0 Å². The molecule has 3 rings (SSSR count). The molecule has 2 aromatic carbocycles. The van der Waals surface area contributed by atoms with Crippen LogP contribution in [0, 0.1) is 13.8 Å². The molecular formula is C22H27N3O2. The van der Waals surface area contributed by atoms with Crippen molar-refractivity contribution in [2.45, 2.75) is 20.3 Å². The van der Waals surface area contributed by atoms with E-state index in [1.54, 1.807) is 0 Å². The summed E-state index contributed by atoms with van der Waals surface area (Å²) in [5, 5.41) is 3.03. The van der Waals surface area contributed by atoms with E-state index in [4.69, 9.17) is 0 Å². The standard InChI is InChI=1S/C22H27N3O2/c1-17-7-6-8-18(2)22(17)23-20(26)16-24-11-13-25(14-12-24)21(27)15-19-9-4-3-5-10-19/h3-10H,11-16H2,1-2H3,(H,23,26). The highest BCUT2D eigenvalue weighted by atomic mass is 16.2. The van der Waals surface area contributed by atoms with Gasteiger partial charge in [0.2, 0.25) is 11.8 Å². The zero-order chi connectivity index (χ0) is 19.2. The van der Waals surface area contributed by atoms with Gasteiger partial charge in [-0.15, -0.1) is 0 Å². The van der Waals surface area contributed by atoms with Gasteiger partial charge in [0.1, 0.15) is 0 Å². The van der Waals surface area contributed by atoms with Crippen molar-refractivity contribution in [2.75, 3.05) is 38.0 Å². The average molecular weight is 365 g/mol. The second-order valence-corrected chi connectivity index (χ2v) is 7.13. The summed E-state index contributed by atoms with van der Waals surface area (Å²) in [7, 11) is 0. The third-order valence-electron chi connectivity index (χ3n) is 5.04. The van der Waals surface area contributed by atoms with Crippen molar-refractivity contribution in [3.8, 4) is 0 Å². The highest BCUT2D eigenvalue weighted by Gasteiger charge is 2.22. The van der Waals surface area contributed by atoms with Gasteiger partial charge in [0.15, 0.2) is 0 Å². The van der Waals surface area contributed by atoms with E-state index in [-0.39, 0.29) is 11.8 Å². The van der Waals surface area contributed by atoms with Crippen LogP contribution in [-0.4, -0.2) is 54.3 Å². The van der Waals surface area contributed by atoms with Crippen LogP contribution in [0.2, 0.25) is 0 Å². The summed E-state index contributed by atoms with van der Waals surface area (Å²) in [5.41, 5.74) is 4.08. The Kier molecular flexibility index (Phi) is 6.24. The monoisotopic (exact) mass is 365 g/mol. The van der Waals surface area contributed by atoms with Crippen molar-refractivity contribution in [3.63, 3.8) is 0 Å². The number of rotatable bonds is 5. The van der Waals surface area contributed by atoms with Gasteiger partial charge in [-0.25, -0.2) is 0 Å². The first-order valence-electron chi connectivity index (χ1n) is 9.43. The van der Waals surface area contributed by atoms with Crippen LogP contribution in [0.25, 0.3) is 0 Å². The molecule has 1 aliphatic heterocycles. The van der Waals surface area contributed by atoms with Crippen LogP contribution in [0.1, 0.15) is 16.7 Å². The number of nitrogens with one attached hydrogen (secondary N) is 1. The Labute approximate surface area is 161 Å². The van der Waals surface area contributed by atoms with Crippen molar-refractivity contribution in [2.24, 2.45) is 0 Å². The molecule has 0 bridgehead atoms. The Morgan fingerprint density at radius 1 is 0.889 bits per heavy atom. The Morgan fingerprint density at radius 3 is 2.15 bits per heavy atom. The molecule has 0 aromatic heterocycles. The maximum absolute atomic E-state index is 12.4. The Hall–Kier alpha value is -2.66. The van der Waals surface area contributed by atoms with Gasteiger partial charge in [-0.05, 0) is 30.5 Å². The summed E-state index contributed by atoms with van der Waals surface area (Å²) in [4.78, 5) is 28.9. The summed E-state index contributed by atoms with van der Waals surface area (Å²) in [6.45, 7) is 7.14. The molecule has 1 N–H and O–H groups in total.